The maximum Gasteiger partial charge on any atom is 0.304 e. The van der Waals surface area contributed by atoms with E-state index in [9.17, 15) is 4.79 Å². The molecule has 0 bridgehead atoms. The first-order valence-electron chi connectivity index (χ1n) is 4.31. The molecule has 1 aliphatic heterocycles. The molecule has 2 rings (SSSR count). The van der Waals surface area contributed by atoms with Crippen molar-refractivity contribution in [1.29, 1.82) is 0 Å². The van der Waals surface area contributed by atoms with Gasteiger partial charge in [-0.2, -0.15) is 0 Å². The van der Waals surface area contributed by atoms with Crippen molar-refractivity contribution in [2.45, 2.75) is 12.3 Å². The summed E-state index contributed by atoms with van der Waals surface area (Å²) in [5, 5.41) is 8.72. The van der Waals surface area contributed by atoms with Crippen LogP contribution in [0.1, 0.15) is 17.9 Å². The number of halogens is 1. The maximum absolute atomic E-state index is 10.6. The van der Waals surface area contributed by atoms with Gasteiger partial charge >= 0.3 is 5.97 Å². The second-order valence-corrected chi connectivity index (χ2v) is 4.11. The van der Waals surface area contributed by atoms with E-state index in [0.717, 1.165) is 15.8 Å². The molecule has 14 heavy (non-hydrogen) atoms. The predicted octanol–water partition coefficient (Wildman–Crippen LogP) is 2.40. The van der Waals surface area contributed by atoms with E-state index < -0.39 is 5.97 Å². The van der Waals surface area contributed by atoms with Gasteiger partial charge in [-0.05, 0) is 12.1 Å². The van der Waals surface area contributed by atoms with Crippen molar-refractivity contribution in [3.8, 4) is 5.75 Å². The SMILES string of the molecule is O=C(O)CC1COc2cccc(Br)c21. The summed E-state index contributed by atoms with van der Waals surface area (Å²) >= 11 is 3.40. The number of rotatable bonds is 2. The van der Waals surface area contributed by atoms with Gasteiger partial charge in [-0.25, -0.2) is 0 Å². The number of hydrogen-bond acceptors (Lipinski definition) is 2. The molecule has 0 fully saturated rings. The minimum absolute atomic E-state index is 0.0296. The van der Waals surface area contributed by atoms with Gasteiger partial charge in [-0.3, -0.25) is 4.79 Å². The highest BCUT2D eigenvalue weighted by molar-refractivity contribution is 9.10. The molecule has 4 heteroatoms. The molecule has 1 unspecified atom stereocenters. The average molecular weight is 257 g/mol. The van der Waals surface area contributed by atoms with Crippen LogP contribution in [-0.4, -0.2) is 17.7 Å². The molecule has 1 heterocycles. The Labute approximate surface area is 89.8 Å². The summed E-state index contributed by atoms with van der Waals surface area (Å²) in [5.41, 5.74) is 0.981. The van der Waals surface area contributed by atoms with Crippen LogP contribution in [0.2, 0.25) is 0 Å². The highest BCUT2D eigenvalue weighted by Crippen LogP contribution is 2.40. The molecule has 1 aliphatic rings. The van der Waals surface area contributed by atoms with Crippen LogP contribution in [0.4, 0.5) is 0 Å². The molecular formula is C10H9BrO3. The van der Waals surface area contributed by atoms with Gasteiger partial charge in [-0.1, -0.05) is 22.0 Å². The van der Waals surface area contributed by atoms with E-state index in [1.165, 1.54) is 0 Å². The van der Waals surface area contributed by atoms with Crippen molar-refractivity contribution in [2.24, 2.45) is 0 Å². The number of carboxylic acids is 1. The molecule has 0 saturated heterocycles. The first kappa shape index (κ1) is 9.52. The summed E-state index contributed by atoms with van der Waals surface area (Å²) in [6.45, 7) is 0.463. The normalized spacial score (nSPS) is 18.8. The lowest BCUT2D eigenvalue weighted by atomic mass is 9.98. The molecule has 0 saturated carbocycles. The smallest absolute Gasteiger partial charge is 0.304 e. The summed E-state index contributed by atoms with van der Waals surface area (Å²) in [6, 6.07) is 5.65. The Balaban J connectivity index is 2.33. The van der Waals surface area contributed by atoms with E-state index in [1.54, 1.807) is 0 Å². The van der Waals surface area contributed by atoms with Crippen LogP contribution in [0.15, 0.2) is 22.7 Å². The topological polar surface area (TPSA) is 46.5 Å². The van der Waals surface area contributed by atoms with E-state index >= 15 is 0 Å². The fourth-order valence-corrected chi connectivity index (χ4v) is 2.36. The van der Waals surface area contributed by atoms with Crippen molar-refractivity contribution in [3.05, 3.63) is 28.2 Å². The van der Waals surface area contributed by atoms with Gasteiger partial charge in [0, 0.05) is 16.0 Å². The van der Waals surface area contributed by atoms with Crippen LogP contribution in [0.5, 0.6) is 5.75 Å². The molecule has 0 radical (unpaired) electrons. The summed E-state index contributed by atoms with van der Waals surface area (Å²) in [4.78, 5) is 10.6. The number of aliphatic carboxylic acids is 1. The first-order valence-corrected chi connectivity index (χ1v) is 5.11. The number of benzene rings is 1. The highest BCUT2D eigenvalue weighted by Gasteiger charge is 2.28. The monoisotopic (exact) mass is 256 g/mol. The van der Waals surface area contributed by atoms with Crippen LogP contribution in [0.25, 0.3) is 0 Å². The fraction of sp³-hybridized carbons (Fsp3) is 0.300. The number of carbonyl (C=O) groups is 1. The standard InChI is InChI=1S/C10H9BrO3/c11-7-2-1-3-8-10(7)6(5-14-8)4-9(12)13/h1-3,6H,4-5H2,(H,12,13). The van der Waals surface area contributed by atoms with Crippen molar-refractivity contribution in [3.63, 3.8) is 0 Å². The zero-order valence-electron chi connectivity index (χ0n) is 7.37. The van der Waals surface area contributed by atoms with Crippen LogP contribution < -0.4 is 4.74 Å². The summed E-state index contributed by atoms with van der Waals surface area (Å²) in [6.07, 6.45) is 0.121. The zero-order valence-corrected chi connectivity index (χ0v) is 8.95. The second-order valence-electron chi connectivity index (χ2n) is 3.26. The lowest BCUT2D eigenvalue weighted by molar-refractivity contribution is -0.137. The summed E-state index contributed by atoms with van der Waals surface area (Å²) < 4.78 is 6.33. The van der Waals surface area contributed by atoms with Crippen LogP contribution in [0, 0.1) is 0 Å². The summed E-state index contributed by atoms with van der Waals surface area (Å²) in [5.74, 6) is -0.0223. The molecule has 1 aromatic rings. The Morgan fingerprint density at radius 2 is 2.43 bits per heavy atom. The minimum Gasteiger partial charge on any atom is -0.493 e. The fourth-order valence-electron chi connectivity index (χ4n) is 1.68. The average Bonchev–Trinajstić information content (AvgIpc) is 2.49. The zero-order chi connectivity index (χ0) is 10.1. The minimum atomic E-state index is -0.790. The molecule has 0 amide bonds. The Hall–Kier alpha value is -1.03. The van der Waals surface area contributed by atoms with Crippen molar-refractivity contribution >= 4 is 21.9 Å². The van der Waals surface area contributed by atoms with Gasteiger partial charge in [0.15, 0.2) is 0 Å². The molecule has 74 valence electrons. The van der Waals surface area contributed by atoms with Gasteiger partial charge < -0.3 is 9.84 Å². The molecule has 0 spiro atoms. The van der Waals surface area contributed by atoms with Gasteiger partial charge in [0.05, 0.1) is 13.0 Å². The lowest BCUT2D eigenvalue weighted by Gasteiger charge is -2.06. The second kappa shape index (κ2) is 3.61. The van der Waals surface area contributed by atoms with Gasteiger partial charge in [0.1, 0.15) is 5.75 Å². The number of carboxylic acid groups (broad SMARTS) is 1. The third-order valence-corrected chi connectivity index (χ3v) is 2.97. The van der Waals surface area contributed by atoms with Crippen LogP contribution >= 0.6 is 15.9 Å². The molecule has 1 aromatic carbocycles. The van der Waals surface area contributed by atoms with E-state index in [2.05, 4.69) is 15.9 Å². The Bertz CT molecular complexity index is 376. The Morgan fingerprint density at radius 1 is 1.64 bits per heavy atom. The van der Waals surface area contributed by atoms with Crippen LogP contribution in [0.3, 0.4) is 0 Å². The molecule has 0 aliphatic carbocycles. The third-order valence-electron chi connectivity index (χ3n) is 2.28. The predicted molar refractivity (Wildman–Crippen MR) is 54.6 cm³/mol. The Kier molecular flexibility index (Phi) is 2.46. The van der Waals surface area contributed by atoms with Gasteiger partial charge in [-0.15, -0.1) is 0 Å². The van der Waals surface area contributed by atoms with Crippen molar-refractivity contribution in [1.82, 2.24) is 0 Å². The van der Waals surface area contributed by atoms with E-state index in [0.29, 0.717) is 6.61 Å². The lowest BCUT2D eigenvalue weighted by Crippen LogP contribution is -2.07. The van der Waals surface area contributed by atoms with Crippen molar-refractivity contribution in [2.75, 3.05) is 6.61 Å². The molecule has 3 nitrogen and oxygen atoms in total. The number of fused-ring (bicyclic) bond motifs is 1. The quantitative estimate of drug-likeness (QED) is 0.884. The summed E-state index contributed by atoms with van der Waals surface area (Å²) in [7, 11) is 0. The third kappa shape index (κ3) is 1.62. The molecule has 1 atom stereocenters. The first-order chi connectivity index (χ1) is 6.68. The van der Waals surface area contributed by atoms with Gasteiger partial charge in [0.25, 0.3) is 0 Å². The number of hydrogen-bond donors (Lipinski definition) is 1. The maximum atomic E-state index is 10.6. The Morgan fingerprint density at radius 3 is 3.14 bits per heavy atom. The number of ether oxygens (including phenoxy) is 1. The van der Waals surface area contributed by atoms with Gasteiger partial charge in [0.2, 0.25) is 0 Å². The highest BCUT2D eigenvalue weighted by atomic mass is 79.9. The largest absolute Gasteiger partial charge is 0.493 e. The van der Waals surface area contributed by atoms with E-state index in [1.807, 2.05) is 18.2 Å². The van der Waals surface area contributed by atoms with E-state index in [-0.39, 0.29) is 12.3 Å². The molecule has 0 aromatic heterocycles. The van der Waals surface area contributed by atoms with Crippen molar-refractivity contribution < 1.29 is 14.6 Å². The molecule has 1 N–H and O–H groups in total. The van der Waals surface area contributed by atoms with Crippen LogP contribution in [-0.2, 0) is 4.79 Å². The molecular weight excluding hydrogens is 248 g/mol. The van der Waals surface area contributed by atoms with E-state index in [4.69, 9.17) is 9.84 Å².